The highest BCUT2D eigenvalue weighted by atomic mass is 32.2. The topological polar surface area (TPSA) is 97.1 Å². The van der Waals surface area contributed by atoms with Crippen LogP contribution in [-0.4, -0.2) is 31.9 Å². The lowest BCUT2D eigenvalue weighted by Crippen LogP contribution is -2.32. The normalized spacial score (nSPS) is 17.9. The first kappa shape index (κ1) is 21.7. The molecule has 6 rings (SSSR count). The van der Waals surface area contributed by atoms with Crippen molar-refractivity contribution < 1.29 is 9.59 Å². The smallest absolute Gasteiger partial charge is 0.266 e. The fourth-order valence-corrected chi connectivity index (χ4v) is 6.22. The molecule has 8 heteroatoms. The maximum absolute atomic E-state index is 13.9. The van der Waals surface area contributed by atoms with Crippen LogP contribution in [-0.2, 0) is 29.6 Å². The van der Waals surface area contributed by atoms with E-state index in [0.717, 1.165) is 58.2 Å². The van der Waals surface area contributed by atoms with Crippen LogP contribution in [0.4, 0.5) is 5.69 Å². The third-order valence-corrected chi connectivity index (χ3v) is 8.05. The van der Waals surface area contributed by atoms with Crippen LogP contribution < -0.4 is 10.6 Å². The third-order valence-electron chi connectivity index (χ3n) is 7.10. The molecule has 3 N–H and O–H groups in total. The van der Waals surface area contributed by atoms with Crippen molar-refractivity contribution in [1.82, 2.24) is 9.13 Å². The van der Waals surface area contributed by atoms with Gasteiger partial charge in [-0.2, -0.15) is 0 Å². The van der Waals surface area contributed by atoms with Crippen molar-refractivity contribution >= 4 is 61.8 Å². The number of anilines is 1. The molecule has 0 radical (unpaired) electrons. The summed E-state index contributed by atoms with van der Waals surface area (Å²) in [6, 6.07) is 15.9. The van der Waals surface area contributed by atoms with Crippen LogP contribution in [0.3, 0.4) is 0 Å². The van der Waals surface area contributed by atoms with Crippen molar-refractivity contribution in [1.29, 1.82) is 5.41 Å². The summed E-state index contributed by atoms with van der Waals surface area (Å²) in [7, 11) is 1.95. The Kier molecular flexibility index (Phi) is 5.07. The minimum atomic E-state index is -0.308. The van der Waals surface area contributed by atoms with Gasteiger partial charge in [-0.1, -0.05) is 48.2 Å². The van der Waals surface area contributed by atoms with Crippen molar-refractivity contribution in [2.75, 3.05) is 10.7 Å². The second kappa shape index (κ2) is 8.16. The van der Waals surface area contributed by atoms with E-state index in [1.165, 1.54) is 22.7 Å². The van der Waals surface area contributed by atoms with Crippen LogP contribution in [0.25, 0.3) is 27.4 Å². The molecule has 0 fully saturated rings. The molecule has 1 unspecified atom stereocenters. The fraction of sp³-hybridized carbons (Fsp3) is 0.222. The first-order chi connectivity index (χ1) is 16.9. The van der Waals surface area contributed by atoms with Crippen molar-refractivity contribution in [3.8, 4) is 0 Å². The summed E-state index contributed by atoms with van der Waals surface area (Å²) in [4.78, 5) is 28.6. The average Bonchev–Trinajstić information content (AvgIpc) is 3.46. The number of amides is 2. The maximum Gasteiger partial charge on any atom is 0.266 e. The van der Waals surface area contributed by atoms with Crippen molar-refractivity contribution in [2.45, 2.75) is 19.4 Å². The van der Waals surface area contributed by atoms with Crippen molar-refractivity contribution in [2.24, 2.45) is 18.7 Å². The van der Waals surface area contributed by atoms with E-state index in [1.54, 1.807) is 0 Å². The Morgan fingerprint density at radius 3 is 2.57 bits per heavy atom. The number of benzene rings is 2. The number of carbonyl (C=O) groups is 2. The van der Waals surface area contributed by atoms with E-state index in [9.17, 15) is 9.59 Å². The Hall–Kier alpha value is -3.78. The Balaban J connectivity index is 1.44. The SMILES string of the molecule is Cn1cc(C2=CC(=O)N(c3c4n(c5ccccc35)CCC(CSC(=N)N)C4)C2=O)c2ccccc21. The van der Waals surface area contributed by atoms with Crippen LogP contribution in [0.1, 0.15) is 17.7 Å². The number of aryl methyl sites for hydroxylation is 2. The van der Waals surface area contributed by atoms with E-state index in [2.05, 4.69) is 10.6 Å². The van der Waals surface area contributed by atoms with Gasteiger partial charge in [0.15, 0.2) is 5.17 Å². The highest BCUT2D eigenvalue weighted by Gasteiger charge is 2.39. The summed E-state index contributed by atoms with van der Waals surface area (Å²) < 4.78 is 4.23. The largest absolute Gasteiger partial charge is 0.379 e. The van der Waals surface area contributed by atoms with E-state index >= 15 is 0 Å². The minimum Gasteiger partial charge on any atom is -0.379 e. The third kappa shape index (κ3) is 3.39. The van der Waals surface area contributed by atoms with Crippen molar-refractivity contribution in [3.63, 3.8) is 0 Å². The molecule has 1 atom stereocenters. The number of thioether (sulfide) groups is 1. The summed E-state index contributed by atoms with van der Waals surface area (Å²) in [6.45, 7) is 0.804. The average molecular weight is 484 g/mol. The number of aromatic nitrogens is 2. The van der Waals surface area contributed by atoms with Crippen LogP contribution in [0.15, 0.2) is 60.8 Å². The summed E-state index contributed by atoms with van der Waals surface area (Å²) in [5, 5.41) is 9.55. The molecule has 4 heterocycles. The van der Waals surface area contributed by atoms with E-state index < -0.39 is 0 Å². The Morgan fingerprint density at radius 2 is 1.80 bits per heavy atom. The first-order valence-electron chi connectivity index (χ1n) is 11.7. The zero-order valence-corrected chi connectivity index (χ0v) is 20.1. The molecular weight excluding hydrogens is 458 g/mol. The van der Waals surface area contributed by atoms with Gasteiger partial charge in [0.05, 0.1) is 16.8 Å². The lowest BCUT2D eigenvalue weighted by molar-refractivity contribution is -0.119. The second-order valence-electron chi connectivity index (χ2n) is 9.21. The van der Waals surface area contributed by atoms with Crippen LogP contribution in [0.2, 0.25) is 0 Å². The van der Waals surface area contributed by atoms with E-state index in [4.69, 9.17) is 11.1 Å². The molecule has 2 aromatic heterocycles. The van der Waals surface area contributed by atoms with Gasteiger partial charge in [-0.3, -0.25) is 15.0 Å². The van der Waals surface area contributed by atoms with Crippen LogP contribution in [0.5, 0.6) is 0 Å². The monoisotopic (exact) mass is 483 g/mol. The highest BCUT2D eigenvalue weighted by Crippen LogP contribution is 2.42. The molecular formula is C27H25N5O2S. The van der Waals surface area contributed by atoms with Gasteiger partial charge < -0.3 is 14.9 Å². The quantitative estimate of drug-likeness (QED) is 0.257. The van der Waals surface area contributed by atoms with Gasteiger partial charge in [-0.15, -0.1) is 0 Å². The molecule has 0 aliphatic carbocycles. The number of hydrogen-bond donors (Lipinski definition) is 2. The highest BCUT2D eigenvalue weighted by molar-refractivity contribution is 8.13. The summed E-state index contributed by atoms with van der Waals surface area (Å²) in [5.41, 5.74) is 10.5. The predicted molar refractivity (Wildman–Crippen MR) is 142 cm³/mol. The molecule has 2 aliphatic rings. The molecule has 2 aliphatic heterocycles. The van der Waals surface area contributed by atoms with E-state index in [-0.39, 0.29) is 17.0 Å². The van der Waals surface area contributed by atoms with Crippen molar-refractivity contribution in [3.05, 3.63) is 72.1 Å². The van der Waals surface area contributed by atoms with Gasteiger partial charge in [0.1, 0.15) is 0 Å². The van der Waals surface area contributed by atoms with Crippen LogP contribution >= 0.6 is 11.8 Å². The molecule has 0 bridgehead atoms. The molecule has 0 spiro atoms. The van der Waals surface area contributed by atoms with Gasteiger partial charge >= 0.3 is 0 Å². The summed E-state index contributed by atoms with van der Waals surface area (Å²) in [6.07, 6.45) is 5.10. The van der Waals surface area contributed by atoms with Crippen LogP contribution in [0, 0.1) is 11.3 Å². The molecule has 4 aromatic rings. The van der Waals surface area contributed by atoms with Gasteiger partial charge in [-0.05, 0) is 30.9 Å². The second-order valence-corrected chi connectivity index (χ2v) is 10.3. The Bertz CT molecular complexity index is 1580. The molecule has 2 aromatic carbocycles. The van der Waals surface area contributed by atoms with E-state index in [1.807, 2.05) is 60.3 Å². The number of nitrogens with two attached hydrogens (primary N) is 1. The number of fused-ring (bicyclic) bond motifs is 4. The summed E-state index contributed by atoms with van der Waals surface area (Å²) in [5.74, 6) is 0.471. The van der Waals surface area contributed by atoms with Gasteiger partial charge in [0, 0.05) is 59.2 Å². The molecule has 0 saturated heterocycles. The number of carbonyl (C=O) groups excluding carboxylic acids is 2. The van der Waals surface area contributed by atoms with Gasteiger partial charge in [0.2, 0.25) is 0 Å². The number of hydrogen-bond acceptors (Lipinski definition) is 4. The minimum absolute atomic E-state index is 0.116. The number of amidine groups is 1. The Morgan fingerprint density at radius 1 is 1.09 bits per heavy atom. The molecule has 0 saturated carbocycles. The zero-order valence-electron chi connectivity index (χ0n) is 19.3. The number of imide groups is 1. The zero-order chi connectivity index (χ0) is 24.3. The summed E-state index contributed by atoms with van der Waals surface area (Å²) >= 11 is 1.35. The molecule has 2 amide bonds. The standard InChI is InChI=1S/C27H25N5O2S/c1-30-14-20(17-6-2-4-8-21(17)30)19-13-24(33)32(26(19)34)25-18-7-3-5-9-22(18)31-11-10-16(12-23(25)31)15-35-27(28)29/h2-9,13-14,16H,10-12,15H2,1H3,(H3,28,29). The maximum atomic E-state index is 13.9. The number of para-hydroxylation sites is 2. The van der Waals surface area contributed by atoms with E-state index in [0.29, 0.717) is 17.2 Å². The number of rotatable bonds is 4. The lowest BCUT2D eigenvalue weighted by atomic mass is 9.97. The predicted octanol–water partition coefficient (Wildman–Crippen LogP) is 4.28. The first-order valence-corrected chi connectivity index (χ1v) is 12.6. The number of nitrogens with one attached hydrogen (secondary N) is 1. The lowest BCUT2D eigenvalue weighted by Gasteiger charge is -2.27. The van der Waals surface area contributed by atoms with Gasteiger partial charge in [0.25, 0.3) is 11.8 Å². The fourth-order valence-electron chi connectivity index (χ4n) is 5.52. The Labute approximate surface area is 206 Å². The molecule has 7 nitrogen and oxygen atoms in total. The number of nitrogens with zero attached hydrogens (tertiary/aromatic N) is 3. The molecule has 35 heavy (non-hydrogen) atoms. The van der Waals surface area contributed by atoms with Gasteiger partial charge in [-0.25, -0.2) is 4.90 Å². The molecule has 176 valence electrons.